The van der Waals surface area contributed by atoms with Gasteiger partial charge in [0, 0.05) is 57.2 Å². The Morgan fingerprint density at radius 2 is 1.84 bits per heavy atom. The van der Waals surface area contributed by atoms with Crippen molar-refractivity contribution in [1.82, 2.24) is 15.1 Å². The van der Waals surface area contributed by atoms with Gasteiger partial charge in [-0.1, -0.05) is 29.3 Å². The molecule has 0 radical (unpaired) electrons. The van der Waals surface area contributed by atoms with Crippen LogP contribution in [0.1, 0.15) is 24.5 Å². The first-order valence-electron chi connectivity index (χ1n) is 10.8. The standard InChI is InChI=1S/C24H28Cl2N4O2/c1-17-28(2)16-23(32-17)19-5-7-20(8-6-19)29-10-3-11-30(13-12-29)24(31)27-15-18-4-9-21(25)22(26)14-18/h4-9,14,16-17H,3,10-13,15H2,1-2H3,(H,27,31). The summed E-state index contributed by atoms with van der Waals surface area (Å²) >= 11 is 12.0. The van der Waals surface area contributed by atoms with E-state index in [4.69, 9.17) is 27.9 Å². The van der Waals surface area contributed by atoms with E-state index in [1.807, 2.05) is 31.1 Å². The Labute approximate surface area is 199 Å². The number of nitrogens with one attached hydrogen (secondary N) is 1. The van der Waals surface area contributed by atoms with Gasteiger partial charge >= 0.3 is 6.03 Å². The predicted octanol–water partition coefficient (Wildman–Crippen LogP) is 5.02. The molecule has 8 heteroatoms. The topological polar surface area (TPSA) is 48.1 Å². The molecule has 4 rings (SSSR count). The first kappa shape index (κ1) is 22.6. The summed E-state index contributed by atoms with van der Waals surface area (Å²) in [4.78, 5) is 18.9. The van der Waals surface area contributed by atoms with E-state index in [-0.39, 0.29) is 12.3 Å². The van der Waals surface area contributed by atoms with Crippen LogP contribution in [0.4, 0.5) is 10.5 Å². The predicted molar refractivity (Wildman–Crippen MR) is 130 cm³/mol. The van der Waals surface area contributed by atoms with Crippen molar-refractivity contribution in [2.24, 2.45) is 0 Å². The molecule has 0 aliphatic carbocycles. The zero-order valence-corrected chi connectivity index (χ0v) is 19.9. The van der Waals surface area contributed by atoms with Crippen LogP contribution in [-0.2, 0) is 11.3 Å². The quantitative estimate of drug-likeness (QED) is 0.675. The number of carbonyl (C=O) groups excluding carboxylic acids is 1. The molecule has 2 heterocycles. The lowest BCUT2D eigenvalue weighted by Crippen LogP contribution is -2.41. The summed E-state index contributed by atoms with van der Waals surface area (Å²) < 4.78 is 5.88. The number of ether oxygens (including phenoxy) is 1. The van der Waals surface area contributed by atoms with Crippen LogP contribution >= 0.6 is 23.2 Å². The third-order valence-electron chi connectivity index (χ3n) is 5.92. The summed E-state index contributed by atoms with van der Waals surface area (Å²) in [6.07, 6.45) is 3.00. The molecule has 1 atom stereocenters. The SMILES string of the molecule is CC1OC(c2ccc(N3CCCN(C(=O)NCc4ccc(Cl)c(Cl)c4)CC3)cc2)=CN1C. The Balaban J connectivity index is 1.31. The first-order chi connectivity index (χ1) is 15.4. The van der Waals surface area contributed by atoms with Crippen molar-refractivity contribution in [3.8, 4) is 0 Å². The second kappa shape index (κ2) is 9.92. The largest absolute Gasteiger partial charge is 0.469 e. The number of nitrogens with zero attached hydrogens (tertiary/aromatic N) is 3. The number of rotatable bonds is 4. The Morgan fingerprint density at radius 3 is 2.53 bits per heavy atom. The Morgan fingerprint density at radius 1 is 1.06 bits per heavy atom. The highest BCUT2D eigenvalue weighted by molar-refractivity contribution is 6.42. The van der Waals surface area contributed by atoms with Gasteiger partial charge in [0.25, 0.3) is 0 Å². The van der Waals surface area contributed by atoms with Crippen LogP contribution in [0, 0.1) is 0 Å². The first-order valence-corrected chi connectivity index (χ1v) is 11.6. The molecule has 1 saturated heterocycles. The zero-order chi connectivity index (χ0) is 22.7. The molecule has 32 heavy (non-hydrogen) atoms. The van der Waals surface area contributed by atoms with Gasteiger partial charge in [-0.3, -0.25) is 0 Å². The van der Waals surface area contributed by atoms with Crippen LogP contribution in [0.3, 0.4) is 0 Å². The third-order valence-corrected chi connectivity index (χ3v) is 6.66. The van der Waals surface area contributed by atoms with Crippen molar-refractivity contribution in [3.63, 3.8) is 0 Å². The van der Waals surface area contributed by atoms with Crippen LogP contribution < -0.4 is 10.2 Å². The second-order valence-corrected chi connectivity index (χ2v) is 8.97. The molecule has 2 aromatic rings. The maximum absolute atomic E-state index is 12.7. The molecule has 1 N–H and O–H groups in total. The molecule has 1 unspecified atom stereocenters. The minimum Gasteiger partial charge on any atom is -0.469 e. The van der Waals surface area contributed by atoms with Gasteiger partial charge < -0.3 is 24.8 Å². The van der Waals surface area contributed by atoms with Crippen LogP contribution in [0.15, 0.2) is 48.7 Å². The van der Waals surface area contributed by atoms with Crippen molar-refractivity contribution >= 4 is 40.7 Å². The summed E-state index contributed by atoms with van der Waals surface area (Å²) in [7, 11) is 2.01. The number of benzene rings is 2. The average Bonchev–Trinajstić information content (AvgIpc) is 2.99. The van der Waals surface area contributed by atoms with Gasteiger partial charge in [-0.2, -0.15) is 0 Å². The minimum atomic E-state index is -0.0585. The van der Waals surface area contributed by atoms with Crippen LogP contribution in [0.25, 0.3) is 5.76 Å². The van der Waals surface area contributed by atoms with E-state index in [9.17, 15) is 4.79 Å². The highest BCUT2D eigenvalue weighted by atomic mass is 35.5. The van der Waals surface area contributed by atoms with Gasteiger partial charge in [0.2, 0.25) is 0 Å². The van der Waals surface area contributed by atoms with E-state index in [2.05, 4.69) is 39.4 Å². The van der Waals surface area contributed by atoms with Gasteiger partial charge in [0.1, 0.15) is 5.76 Å². The Bertz CT molecular complexity index is 996. The summed E-state index contributed by atoms with van der Waals surface area (Å²) in [6, 6.07) is 13.8. The number of halogens is 2. The lowest BCUT2D eigenvalue weighted by Gasteiger charge is -2.24. The molecule has 2 amide bonds. The summed E-state index contributed by atoms with van der Waals surface area (Å²) in [5.74, 6) is 0.896. The maximum Gasteiger partial charge on any atom is 0.317 e. The molecule has 6 nitrogen and oxygen atoms in total. The van der Waals surface area contributed by atoms with Crippen LogP contribution in [0.2, 0.25) is 10.0 Å². The number of urea groups is 1. The molecule has 0 spiro atoms. The Hall–Kier alpha value is -2.57. The molecule has 0 saturated carbocycles. The monoisotopic (exact) mass is 474 g/mol. The summed E-state index contributed by atoms with van der Waals surface area (Å²) in [5, 5.41) is 3.99. The lowest BCUT2D eigenvalue weighted by molar-refractivity contribution is 0.104. The molecule has 0 bridgehead atoms. The van der Waals surface area contributed by atoms with Gasteiger partial charge in [0.05, 0.1) is 10.0 Å². The maximum atomic E-state index is 12.7. The molecule has 0 aromatic heterocycles. The normalized spacial score (nSPS) is 18.8. The molecular formula is C24H28Cl2N4O2. The summed E-state index contributed by atoms with van der Waals surface area (Å²) in [6.45, 7) is 5.55. The van der Waals surface area contributed by atoms with E-state index in [0.717, 1.165) is 48.6 Å². The fraction of sp³-hybridized carbons (Fsp3) is 0.375. The molecule has 2 aliphatic heterocycles. The van der Waals surface area contributed by atoms with Crippen molar-refractivity contribution in [1.29, 1.82) is 0 Å². The highest BCUT2D eigenvalue weighted by Crippen LogP contribution is 2.27. The van der Waals surface area contributed by atoms with E-state index < -0.39 is 0 Å². The van der Waals surface area contributed by atoms with Gasteiger partial charge in [-0.25, -0.2) is 4.79 Å². The highest BCUT2D eigenvalue weighted by Gasteiger charge is 2.21. The number of anilines is 1. The van der Waals surface area contributed by atoms with E-state index in [1.54, 1.807) is 12.1 Å². The smallest absolute Gasteiger partial charge is 0.317 e. The van der Waals surface area contributed by atoms with Crippen molar-refractivity contribution in [3.05, 3.63) is 69.8 Å². The summed E-state index contributed by atoms with van der Waals surface area (Å²) in [5.41, 5.74) is 3.15. The zero-order valence-electron chi connectivity index (χ0n) is 18.4. The molecule has 2 aromatic carbocycles. The van der Waals surface area contributed by atoms with Crippen LogP contribution in [0.5, 0.6) is 0 Å². The number of amides is 2. The van der Waals surface area contributed by atoms with Gasteiger partial charge in [-0.15, -0.1) is 0 Å². The molecule has 170 valence electrons. The fourth-order valence-electron chi connectivity index (χ4n) is 3.88. The van der Waals surface area contributed by atoms with E-state index in [0.29, 0.717) is 23.1 Å². The van der Waals surface area contributed by atoms with Gasteiger partial charge in [0.15, 0.2) is 6.23 Å². The third kappa shape index (κ3) is 5.25. The van der Waals surface area contributed by atoms with Crippen molar-refractivity contribution < 1.29 is 9.53 Å². The fourth-order valence-corrected chi connectivity index (χ4v) is 4.20. The van der Waals surface area contributed by atoms with Crippen LogP contribution in [-0.4, -0.2) is 55.3 Å². The number of carbonyl (C=O) groups is 1. The molecule has 2 aliphatic rings. The van der Waals surface area contributed by atoms with Gasteiger partial charge in [-0.05, 0) is 55.3 Å². The number of hydrogen-bond acceptors (Lipinski definition) is 4. The van der Waals surface area contributed by atoms with Crippen molar-refractivity contribution in [2.45, 2.75) is 26.1 Å². The second-order valence-electron chi connectivity index (χ2n) is 8.16. The number of hydrogen-bond donors (Lipinski definition) is 1. The average molecular weight is 475 g/mol. The van der Waals surface area contributed by atoms with E-state index >= 15 is 0 Å². The lowest BCUT2D eigenvalue weighted by atomic mass is 10.1. The Kier molecular flexibility index (Phi) is 7.01. The van der Waals surface area contributed by atoms with Crippen molar-refractivity contribution in [2.75, 3.05) is 38.1 Å². The molecular weight excluding hydrogens is 447 g/mol. The molecule has 1 fully saturated rings. The van der Waals surface area contributed by atoms with E-state index in [1.165, 1.54) is 0 Å². The minimum absolute atomic E-state index is 0.0585.